The van der Waals surface area contributed by atoms with Gasteiger partial charge in [-0.3, -0.25) is 9.78 Å². The lowest BCUT2D eigenvalue weighted by atomic mass is 9.90. The number of carbonyl (C=O) groups is 1. The van der Waals surface area contributed by atoms with Crippen LogP contribution >= 0.6 is 0 Å². The number of hydrogen-bond donors (Lipinski definition) is 0. The van der Waals surface area contributed by atoms with Crippen molar-refractivity contribution < 1.29 is 9.53 Å². The number of likely N-dealkylation sites (tertiary alicyclic amines) is 1. The van der Waals surface area contributed by atoms with Crippen molar-refractivity contribution in [2.75, 3.05) is 38.6 Å². The van der Waals surface area contributed by atoms with Crippen LogP contribution in [0.1, 0.15) is 51.3 Å². The van der Waals surface area contributed by atoms with E-state index < -0.39 is 0 Å². The standard InChI is InChI=1S/C25H35N5O2/c1-25(2,3)14-17(31)15-30(5)24-20-7-6-8-21(20)27-23(28-24)22-13-18(9-11-26-22)32-19-10-12-29(4)16-19/h9,11,13,19H,6-8,10,12,14-16H2,1-5H3/t19-/m0/s1. The molecule has 0 spiro atoms. The zero-order valence-electron chi connectivity index (χ0n) is 20.0. The minimum atomic E-state index is -0.0187. The van der Waals surface area contributed by atoms with Gasteiger partial charge in [0.1, 0.15) is 23.4 Å². The molecule has 0 saturated carbocycles. The Bertz CT molecular complexity index is 985. The van der Waals surface area contributed by atoms with Crippen LogP contribution in [0.25, 0.3) is 11.5 Å². The zero-order chi connectivity index (χ0) is 22.9. The number of aryl methyl sites for hydroxylation is 1. The van der Waals surface area contributed by atoms with Crippen LogP contribution in [0.2, 0.25) is 0 Å². The maximum absolute atomic E-state index is 12.6. The predicted molar refractivity (Wildman–Crippen MR) is 126 cm³/mol. The highest BCUT2D eigenvalue weighted by Crippen LogP contribution is 2.32. The topological polar surface area (TPSA) is 71.5 Å². The van der Waals surface area contributed by atoms with E-state index in [1.54, 1.807) is 6.20 Å². The highest BCUT2D eigenvalue weighted by molar-refractivity contribution is 5.84. The summed E-state index contributed by atoms with van der Waals surface area (Å²) in [7, 11) is 4.07. The van der Waals surface area contributed by atoms with Crippen molar-refractivity contribution in [3.05, 3.63) is 29.6 Å². The number of pyridine rings is 1. The lowest BCUT2D eigenvalue weighted by Crippen LogP contribution is -2.30. The Labute approximate surface area is 191 Å². The first-order valence-corrected chi connectivity index (χ1v) is 11.6. The van der Waals surface area contributed by atoms with Gasteiger partial charge in [0.05, 0.1) is 6.54 Å². The van der Waals surface area contributed by atoms with Crippen LogP contribution < -0.4 is 9.64 Å². The number of ether oxygens (including phenoxy) is 1. The average molecular weight is 438 g/mol. The summed E-state index contributed by atoms with van der Waals surface area (Å²) < 4.78 is 6.18. The van der Waals surface area contributed by atoms with Crippen LogP contribution in [0.3, 0.4) is 0 Å². The number of hydrogen-bond acceptors (Lipinski definition) is 7. The van der Waals surface area contributed by atoms with Gasteiger partial charge in [-0.15, -0.1) is 0 Å². The normalized spacial score (nSPS) is 18.6. The first-order valence-electron chi connectivity index (χ1n) is 11.6. The maximum Gasteiger partial charge on any atom is 0.180 e. The van der Waals surface area contributed by atoms with Crippen LogP contribution in [0.4, 0.5) is 5.82 Å². The molecule has 0 amide bonds. The van der Waals surface area contributed by atoms with Gasteiger partial charge in [-0.1, -0.05) is 20.8 Å². The Kier molecular flexibility index (Phi) is 6.47. The molecule has 3 heterocycles. The lowest BCUT2D eigenvalue weighted by Gasteiger charge is -2.23. The molecule has 1 saturated heterocycles. The molecule has 1 fully saturated rings. The molecule has 7 nitrogen and oxygen atoms in total. The van der Waals surface area contributed by atoms with Crippen molar-refractivity contribution in [1.29, 1.82) is 0 Å². The summed E-state index contributed by atoms with van der Waals surface area (Å²) in [5.74, 6) is 2.48. The average Bonchev–Trinajstić information content (AvgIpc) is 3.34. The molecule has 0 aromatic carbocycles. The minimum absolute atomic E-state index is 0.0187. The van der Waals surface area contributed by atoms with E-state index in [0.29, 0.717) is 24.5 Å². The molecular weight excluding hydrogens is 402 g/mol. The second-order valence-electron chi connectivity index (χ2n) is 10.4. The van der Waals surface area contributed by atoms with Crippen molar-refractivity contribution in [2.24, 2.45) is 5.41 Å². The fraction of sp³-hybridized carbons (Fsp3) is 0.600. The summed E-state index contributed by atoms with van der Waals surface area (Å²) in [6.45, 7) is 8.62. The van der Waals surface area contributed by atoms with E-state index in [0.717, 1.165) is 56.0 Å². The Morgan fingerprint density at radius 3 is 2.81 bits per heavy atom. The molecule has 0 bridgehead atoms. The Hall–Kier alpha value is -2.54. The summed E-state index contributed by atoms with van der Waals surface area (Å²) >= 11 is 0. The number of anilines is 1. The summed E-state index contributed by atoms with van der Waals surface area (Å²) in [6, 6.07) is 3.83. The fourth-order valence-electron chi connectivity index (χ4n) is 4.62. The number of aromatic nitrogens is 3. The molecule has 1 aliphatic heterocycles. The SMILES string of the molecule is CN1CC[C@H](Oc2ccnc(-c3nc4c(c(N(C)CC(=O)CC(C)(C)C)n3)CCC4)c2)C1. The van der Waals surface area contributed by atoms with Crippen molar-refractivity contribution in [3.8, 4) is 17.3 Å². The second kappa shape index (κ2) is 9.14. The third-order valence-corrected chi connectivity index (χ3v) is 6.03. The van der Waals surface area contributed by atoms with Gasteiger partial charge < -0.3 is 14.5 Å². The van der Waals surface area contributed by atoms with Crippen LogP contribution in [-0.4, -0.2) is 65.5 Å². The van der Waals surface area contributed by atoms with E-state index >= 15 is 0 Å². The zero-order valence-corrected chi connectivity index (χ0v) is 20.0. The molecule has 2 aliphatic rings. The fourth-order valence-corrected chi connectivity index (χ4v) is 4.62. The Morgan fingerprint density at radius 2 is 2.09 bits per heavy atom. The summed E-state index contributed by atoms with van der Waals surface area (Å²) in [4.78, 5) is 31.1. The van der Waals surface area contributed by atoms with E-state index in [9.17, 15) is 4.79 Å². The minimum Gasteiger partial charge on any atom is -0.489 e. The molecular formula is C25H35N5O2. The third-order valence-electron chi connectivity index (χ3n) is 6.03. The Balaban J connectivity index is 1.58. The molecule has 2 aromatic heterocycles. The van der Waals surface area contributed by atoms with Crippen LogP contribution in [-0.2, 0) is 17.6 Å². The molecule has 2 aromatic rings. The second-order valence-corrected chi connectivity index (χ2v) is 10.4. The van der Waals surface area contributed by atoms with Crippen molar-refractivity contribution in [2.45, 2.75) is 59.0 Å². The van der Waals surface area contributed by atoms with Crippen molar-refractivity contribution >= 4 is 11.6 Å². The highest BCUT2D eigenvalue weighted by Gasteiger charge is 2.25. The number of nitrogens with zero attached hydrogens (tertiary/aromatic N) is 5. The van der Waals surface area contributed by atoms with Crippen molar-refractivity contribution in [3.63, 3.8) is 0 Å². The van der Waals surface area contributed by atoms with Gasteiger partial charge in [0.15, 0.2) is 11.6 Å². The van der Waals surface area contributed by atoms with Gasteiger partial charge in [0, 0.05) is 50.1 Å². The van der Waals surface area contributed by atoms with E-state index in [1.807, 2.05) is 24.1 Å². The van der Waals surface area contributed by atoms with Gasteiger partial charge in [-0.2, -0.15) is 0 Å². The predicted octanol–water partition coefficient (Wildman–Crippen LogP) is 3.55. The maximum atomic E-state index is 12.6. The number of Topliss-reactive ketones (excluding diaryl/α,β-unsaturated/α-hetero) is 1. The number of ketones is 1. The van der Waals surface area contributed by atoms with Crippen LogP contribution in [0.5, 0.6) is 5.75 Å². The largest absolute Gasteiger partial charge is 0.489 e. The molecule has 172 valence electrons. The quantitative estimate of drug-likeness (QED) is 0.656. The number of rotatable bonds is 7. The number of carbonyl (C=O) groups excluding carboxylic acids is 1. The molecule has 1 atom stereocenters. The molecule has 1 aliphatic carbocycles. The molecule has 4 rings (SSSR count). The first-order chi connectivity index (χ1) is 15.2. The summed E-state index contributed by atoms with van der Waals surface area (Å²) in [5, 5.41) is 0. The van der Waals surface area contributed by atoms with E-state index in [-0.39, 0.29) is 17.3 Å². The van der Waals surface area contributed by atoms with Gasteiger partial charge in [-0.05, 0) is 44.2 Å². The molecule has 0 radical (unpaired) electrons. The number of likely N-dealkylation sites (N-methyl/N-ethyl adjacent to an activating group) is 2. The molecule has 7 heteroatoms. The molecule has 0 N–H and O–H groups in total. The first kappa shape index (κ1) is 22.6. The van der Waals surface area contributed by atoms with Gasteiger partial charge >= 0.3 is 0 Å². The number of fused-ring (bicyclic) bond motifs is 1. The summed E-state index contributed by atoms with van der Waals surface area (Å²) in [6.07, 6.45) is 6.50. The third kappa shape index (κ3) is 5.44. The van der Waals surface area contributed by atoms with Crippen LogP contribution in [0.15, 0.2) is 18.3 Å². The summed E-state index contributed by atoms with van der Waals surface area (Å²) in [5.41, 5.74) is 2.93. The van der Waals surface area contributed by atoms with Crippen molar-refractivity contribution in [1.82, 2.24) is 19.9 Å². The molecule has 32 heavy (non-hydrogen) atoms. The van der Waals surface area contributed by atoms with E-state index in [2.05, 4.69) is 37.7 Å². The lowest BCUT2D eigenvalue weighted by molar-refractivity contribution is -0.119. The Morgan fingerprint density at radius 1 is 1.28 bits per heavy atom. The smallest absolute Gasteiger partial charge is 0.180 e. The highest BCUT2D eigenvalue weighted by atomic mass is 16.5. The van der Waals surface area contributed by atoms with Crippen LogP contribution in [0, 0.1) is 5.41 Å². The van der Waals surface area contributed by atoms with E-state index in [1.165, 1.54) is 5.56 Å². The monoisotopic (exact) mass is 437 g/mol. The van der Waals surface area contributed by atoms with Gasteiger partial charge in [0.2, 0.25) is 0 Å². The molecule has 0 unspecified atom stereocenters. The van der Waals surface area contributed by atoms with Gasteiger partial charge in [-0.25, -0.2) is 9.97 Å². The van der Waals surface area contributed by atoms with Gasteiger partial charge in [0.25, 0.3) is 0 Å². The van der Waals surface area contributed by atoms with E-state index in [4.69, 9.17) is 14.7 Å².